The fourth-order valence-electron chi connectivity index (χ4n) is 2.55. The molecule has 25 heavy (non-hydrogen) atoms. The van der Waals surface area contributed by atoms with E-state index >= 15 is 0 Å². The number of hydrogen-bond acceptors (Lipinski definition) is 5. The summed E-state index contributed by atoms with van der Waals surface area (Å²) >= 11 is 0. The fraction of sp³-hybridized carbons (Fsp3) is 0.250. The fourth-order valence-corrected chi connectivity index (χ4v) is 2.55. The summed E-state index contributed by atoms with van der Waals surface area (Å²) in [5.74, 6) is -2.23. The Labute approximate surface area is 140 Å². The maximum atomic E-state index is 12.7. The van der Waals surface area contributed by atoms with Crippen LogP contribution in [0.4, 0.5) is 8.78 Å². The number of esters is 1. The summed E-state index contributed by atoms with van der Waals surface area (Å²) in [4.78, 5) is 41.3. The molecule has 0 spiro atoms. The Morgan fingerprint density at radius 2 is 1.80 bits per heavy atom. The van der Waals surface area contributed by atoms with Crippen molar-refractivity contribution in [3.8, 4) is 0 Å². The van der Waals surface area contributed by atoms with Gasteiger partial charge in [0.1, 0.15) is 12.6 Å². The van der Waals surface area contributed by atoms with Crippen molar-refractivity contribution in [2.24, 2.45) is 0 Å². The van der Waals surface area contributed by atoms with Gasteiger partial charge in [-0.2, -0.15) is 8.78 Å². The van der Waals surface area contributed by atoms with E-state index in [0.29, 0.717) is 4.57 Å². The van der Waals surface area contributed by atoms with E-state index in [1.54, 1.807) is 12.1 Å². The molecule has 0 N–H and O–H groups in total. The quantitative estimate of drug-likeness (QED) is 0.609. The zero-order valence-corrected chi connectivity index (χ0v) is 13.1. The molecule has 3 rings (SSSR count). The number of alkyl halides is 2. The van der Waals surface area contributed by atoms with Crippen LogP contribution in [0.3, 0.4) is 0 Å². The molecule has 0 fully saturated rings. The van der Waals surface area contributed by atoms with Crippen molar-refractivity contribution < 1.29 is 27.9 Å². The van der Waals surface area contributed by atoms with Gasteiger partial charge in [-0.15, -0.1) is 0 Å². The first-order chi connectivity index (χ1) is 11.9. The average molecular weight is 349 g/mol. The molecule has 1 atom stereocenters. The lowest BCUT2D eigenvalue weighted by atomic mass is 10.1. The first-order valence-corrected chi connectivity index (χ1v) is 7.35. The predicted molar refractivity (Wildman–Crippen MR) is 79.7 cm³/mol. The van der Waals surface area contributed by atoms with Crippen LogP contribution < -0.4 is 0 Å². The number of ether oxygens (including phenoxy) is 1. The van der Waals surface area contributed by atoms with E-state index in [1.807, 2.05) is 0 Å². The number of benzene rings is 1. The molecule has 0 aliphatic carbocycles. The van der Waals surface area contributed by atoms with E-state index in [9.17, 15) is 23.2 Å². The summed E-state index contributed by atoms with van der Waals surface area (Å²) in [5, 5.41) is 0. The number of rotatable bonds is 5. The summed E-state index contributed by atoms with van der Waals surface area (Å²) in [6.07, 6.45) is 2.21. The van der Waals surface area contributed by atoms with Gasteiger partial charge in [0.2, 0.25) is 0 Å². The molecule has 1 aliphatic rings. The molecule has 0 bridgehead atoms. The molecule has 0 unspecified atom stereocenters. The minimum Gasteiger partial charge on any atom is -0.456 e. The van der Waals surface area contributed by atoms with E-state index in [1.165, 1.54) is 19.1 Å². The Hall–Kier alpha value is -3.10. The standard InChI is InChI=1S/C16H13F2N3O4/c1-9(15(24)25-8-12-19-6-7-20(12)16(17)18)21-13(22)10-4-2-3-5-11(10)14(21)23/h2-7,9,16H,8H2,1H3/t9-/m1/s1. The monoisotopic (exact) mass is 349 g/mol. The number of hydrogen-bond donors (Lipinski definition) is 0. The first kappa shape index (κ1) is 16.7. The minimum atomic E-state index is -2.81. The summed E-state index contributed by atoms with van der Waals surface area (Å²) < 4.78 is 31.0. The molecule has 0 radical (unpaired) electrons. The van der Waals surface area contributed by atoms with Gasteiger partial charge in [0, 0.05) is 12.4 Å². The van der Waals surface area contributed by atoms with Gasteiger partial charge in [-0.05, 0) is 19.1 Å². The summed E-state index contributed by atoms with van der Waals surface area (Å²) in [5.41, 5.74) is 0.417. The van der Waals surface area contributed by atoms with Gasteiger partial charge in [0.15, 0.2) is 5.82 Å². The minimum absolute atomic E-state index is 0.141. The lowest BCUT2D eigenvalue weighted by Gasteiger charge is -2.20. The summed E-state index contributed by atoms with van der Waals surface area (Å²) in [7, 11) is 0. The molecule has 7 nitrogen and oxygen atoms in total. The number of halogens is 2. The van der Waals surface area contributed by atoms with E-state index in [0.717, 1.165) is 17.3 Å². The third-order valence-electron chi connectivity index (χ3n) is 3.86. The molecule has 0 saturated carbocycles. The van der Waals surface area contributed by atoms with Crippen LogP contribution >= 0.6 is 0 Å². The zero-order chi connectivity index (χ0) is 18.1. The van der Waals surface area contributed by atoms with Gasteiger partial charge in [-0.3, -0.25) is 19.1 Å². The molecule has 1 aliphatic heterocycles. The lowest BCUT2D eigenvalue weighted by Crippen LogP contribution is -2.43. The van der Waals surface area contributed by atoms with Crippen molar-refractivity contribution in [2.75, 3.05) is 0 Å². The second-order valence-corrected chi connectivity index (χ2v) is 5.34. The molecule has 2 aromatic rings. The van der Waals surface area contributed by atoms with Crippen LogP contribution in [-0.4, -0.2) is 38.3 Å². The normalized spacial score (nSPS) is 14.8. The molecular formula is C16H13F2N3O4. The van der Waals surface area contributed by atoms with Gasteiger partial charge in [0.05, 0.1) is 11.1 Å². The SMILES string of the molecule is C[C@H](C(=O)OCc1nccn1C(F)F)N1C(=O)c2ccccc2C1=O. The molecule has 9 heteroatoms. The third kappa shape index (κ3) is 2.88. The molecule has 1 aromatic carbocycles. The Balaban J connectivity index is 1.70. The maximum Gasteiger partial charge on any atom is 0.329 e. The number of carbonyl (C=O) groups is 3. The molecule has 1 aromatic heterocycles. The van der Waals surface area contributed by atoms with Crippen LogP contribution in [-0.2, 0) is 16.1 Å². The van der Waals surface area contributed by atoms with E-state index in [2.05, 4.69) is 4.98 Å². The van der Waals surface area contributed by atoms with E-state index in [-0.39, 0.29) is 17.0 Å². The number of nitrogens with zero attached hydrogens (tertiary/aromatic N) is 3. The number of carbonyl (C=O) groups excluding carboxylic acids is 3. The maximum absolute atomic E-state index is 12.7. The van der Waals surface area contributed by atoms with Crippen LogP contribution in [0.2, 0.25) is 0 Å². The number of imide groups is 1. The summed E-state index contributed by atoms with van der Waals surface area (Å²) in [6, 6.07) is 5.02. The first-order valence-electron chi connectivity index (χ1n) is 7.35. The van der Waals surface area contributed by atoms with Crippen molar-refractivity contribution >= 4 is 17.8 Å². The molecule has 0 saturated heterocycles. The van der Waals surface area contributed by atoms with Gasteiger partial charge < -0.3 is 4.74 Å². The second kappa shape index (κ2) is 6.42. The van der Waals surface area contributed by atoms with E-state index < -0.39 is 37.0 Å². The number of imidazole rings is 1. The van der Waals surface area contributed by atoms with Crippen LogP contribution in [0, 0.1) is 0 Å². The Kier molecular flexibility index (Phi) is 4.30. The number of aromatic nitrogens is 2. The highest BCUT2D eigenvalue weighted by Crippen LogP contribution is 2.25. The van der Waals surface area contributed by atoms with Crippen LogP contribution in [0.15, 0.2) is 36.7 Å². The van der Waals surface area contributed by atoms with Crippen LogP contribution in [0.25, 0.3) is 0 Å². The van der Waals surface area contributed by atoms with Gasteiger partial charge in [-0.1, -0.05) is 12.1 Å². The zero-order valence-electron chi connectivity index (χ0n) is 13.1. The largest absolute Gasteiger partial charge is 0.456 e. The topological polar surface area (TPSA) is 81.5 Å². The predicted octanol–water partition coefficient (Wildman–Crippen LogP) is 2.01. The Morgan fingerprint density at radius 3 is 2.36 bits per heavy atom. The van der Waals surface area contributed by atoms with Gasteiger partial charge >= 0.3 is 12.5 Å². The third-order valence-corrected chi connectivity index (χ3v) is 3.86. The average Bonchev–Trinajstić information content (AvgIpc) is 3.16. The van der Waals surface area contributed by atoms with Crippen molar-refractivity contribution in [2.45, 2.75) is 26.1 Å². The molecule has 130 valence electrons. The van der Waals surface area contributed by atoms with Crippen molar-refractivity contribution in [3.63, 3.8) is 0 Å². The highest BCUT2D eigenvalue weighted by molar-refractivity contribution is 6.22. The highest BCUT2D eigenvalue weighted by Gasteiger charge is 2.41. The van der Waals surface area contributed by atoms with Crippen LogP contribution in [0.5, 0.6) is 0 Å². The Bertz CT molecular complexity index is 814. The highest BCUT2D eigenvalue weighted by atomic mass is 19.3. The lowest BCUT2D eigenvalue weighted by molar-refractivity contribution is -0.149. The number of fused-ring (bicyclic) bond motifs is 1. The van der Waals surface area contributed by atoms with Crippen molar-refractivity contribution in [1.82, 2.24) is 14.5 Å². The van der Waals surface area contributed by atoms with E-state index in [4.69, 9.17) is 4.74 Å². The van der Waals surface area contributed by atoms with Crippen molar-refractivity contribution in [1.29, 1.82) is 0 Å². The molecule has 2 amide bonds. The molecular weight excluding hydrogens is 336 g/mol. The smallest absolute Gasteiger partial charge is 0.329 e. The van der Waals surface area contributed by atoms with Gasteiger partial charge in [-0.25, -0.2) is 9.78 Å². The van der Waals surface area contributed by atoms with Gasteiger partial charge in [0.25, 0.3) is 11.8 Å². The summed E-state index contributed by atoms with van der Waals surface area (Å²) in [6.45, 7) is -1.97. The second-order valence-electron chi connectivity index (χ2n) is 5.34. The Morgan fingerprint density at radius 1 is 1.20 bits per heavy atom. The molecule has 2 heterocycles. The van der Waals surface area contributed by atoms with Crippen LogP contribution in [0.1, 0.15) is 40.0 Å². The van der Waals surface area contributed by atoms with Crippen molar-refractivity contribution in [3.05, 3.63) is 53.6 Å². The number of amides is 2.